The van der Waals surface area contributed by atoms with Crippen molar-refractivity contribution in [3.8, 4) is 0 Å². The quantitative estimate of drug-likeness (QED) is 0.317. The Morgan fingerprint density at radius 1 is 1.70 bits per heavy atom. The maximum atomic E-state index is 5.44. The summed E-state index contributed by atoms with van der Waals surface area (Å²) in [7, 11) is -0.229. The van der Waals surface area contributed by atoms with E-state index in [9.17, 15) is 0 Å². The fourth-order valence-electron chi connectivity index (χ4n) is 0.728. The number of hydrogen-bond donors (Lipinski definition) is 1. The molecule has 1 saturated heterocycles. The summed E-state index contributed by atoms with van der Waals surface area (Å²) in [4.78, 5) is 0. The summed E-state index contributed by atoms with van der Waals surface area (Å²) >= 11 is 0. The van der Waals surface area contributed by atoms with Crippen LogP contribution in [0.25, 0.3) is 0 Å². The number of ether oxygens (including phenoxy) is 2. The zero-order valence-corrected chi connectivity index (χ0v) is 7.63. The van der Waals surface area contributed by atoms with Crippen molar-refractivity contribution in [2.45, 2.75) is 18.6 Å². The van der Waals surface area contributed by atoms with Gasteiger partial charge < -0.3 is 14.9 Å². The lowest BCUT2D eigenvalue weighted by molar-refractivity contribution is 0.117. The minimum Gasteiger partial charge on any atom is -0.379 e. The van der Waals surface area contributed by atoms with Crippen LogP contribution in [0.4, 0.5) is 0 Å². The van der Waals surface area contributed by atoms with Crippen molar-refractivity contribution >= 4 is 9.68 Å². The van der Waals surface area contributed by atoms with E-state index in [2.05, 4.69) is 0 Å². The maximum Gasteiger partial charge on any atom is 0.104 e. The molecule has 60 valence electrons. The highest BCUT2D eigenvalue weighted by Gasteiger charge is 2.21. The van der Waals surface area contributed by atoms with Gasteiger partial charge in [0.05, 0.1) is 22.9 Å². The van der Waals surface area contributed by atoms with Gasteiger partial charge in [0.25, 0.3) is 0 Å². The minimum absolute atomic E-state index is 0.229. The van der Waals surface area contributed by atoms with Crippen molar-refractivity contribution in [2.75, 3.05) is 19.8 Å². The van der Waals surface area contributed by atoms with E-state index >= 15 is 0 Å². The van der Waals surface area contributed by atoms with Gasteiger partial charge in [-0.2, -0.15) is 0 Å². The van der Waals surface area contributed by atoms with E-state index in [-0.39, 0.29) is 9.68 Å². The second-order valence-corrected chi connectivity index (χ2v) is 3.81. The van der Waals surface area contributed by atoms with Crippen LogP contribution < -0.4 is 5.40 Å². The Balaban J connectivity index is 1.68. The first kappa shape index (κ1) is 8.20. The molecule has 3 nitrogen and oxygen atoms in total. The highest BCUT2D eigenvalue weighted by molar-refractivity contribution is 6.30. The Morgan fingerprint density at radius 3 is 3.10 bits per heavy atom. The zero-order chi connectivity index (χ0) is 7.23. The minimum atomic E-state index is -0.229. The van der Waals surface area contributed by atoms with E-state index in [0.29, 0.717) is 6.10 Å². The molecule has 1 aliphatic heterocycles. The van der Waals surface area contributed by atoms with Crippen LogP contribution in [0.2, 0.25) is 6.04 Å². The van der Waals surface area contributed by atoms with Gasteiger partial charge in [-0.3, -0.25) is 0 Å². The molecule has 0 amide bonds. The van der Waals surface area contributed by atoms with Gasteiger partial charge in [0, 0.05) is 6.61 Å². The summed E-state index contributed by atoms with van der Waals surface area (Å²) < 4.78 is 10.3. The van der Waals surface area contributed by atoms with Gasteiger partial charge in [-0.1, -0.05) is 0 Å². The molecule has 0 aromatic rings. The molecular formula is C6H15NO2Si. The third-order valence-corrected chi connectivity index (χ3v) is 2.36. The number of rotatable bonds is 6. The van der Waals surface area contributed by atoms with E-state index in [1.807, 2.05) is 0 Å². The fraction of sp³-hybridized carbons (Fsp3) is 1.00. The number of epoxide rings is 1. The lowest BCUT2D eigenvalue weighted by Gasteiger charge is -1.99. The topological polar surface area (TPSA) is 47.8 Å². The molecule has 1 atom stereocenters. The highest BCUT2D eigenvalue weighted by atomic mass is 28.2. The van der Waals surface area contributed by atoms with Crippen LogP contribution >= 0.6 is 0 Å². The standard InChI is InChI=1S/C6H15NO2Si/c7-10-3-1-2-8-4-6-5-9-6/h6H,1-5,7,10H2. The number of hydrogen-bond acceptors (Lipinski definition) is 3. The maximum absolute atomic E-state index is 5.44. The molecule has 10 heavy (non-hydrogen) atoms. The summed E-state index contributed by atoms with van der Waals surface area (Å²) in [5.74, 6) is 0. The van der Waals surface area contributed by atoms with E-state index in [1.165, 1.54) is 6.04 Å². The molecule has 0 radical (unpaired) electrons. The van der Waals surface area contributed by atoms with Gasteiger partial charge in [0.2, 0.25) is 0 Å². The lowest BCUT2D eigenvalue weighted by atomic mass is 10.5. The second-order valence-electron chi connectivity index (χ2n) is 2.53. The molecule has 0 spiro atoms. The summed E-state index contributed by atoms with van der Waals surface area (Å²) in [5, 5.41) is 5.44. The summed E-state index contributed by atoms with van der Waals surface area (Å²) in [6.07, 6.45) is 1.55. The van der Waals surface area contributed by atoms with Crippen molar-refractivity contribution in [1.29, 1.82) is 0 Å². The molecule has 2 N–H and O–H groups in total. The van der Waals surface area contributed by atoms with Crippen LogP contribution in [0.5, 0.6) is 0 Å². The Bertz CT molecular complexity index is 87.8. The predicted octanol–water partition coefficient (Wildman–Crippen LogP) is -0.747. The van der Waals surface area contributed by atoms with Crippen molar-refractivity contribution < 1.29 is 9.47 Å². The second kappa shape index (κ2) is 4.84. The monoisotopic (exact) mass is 161 g/mol. The van der Waals surface area contributed by atoms with Gasteiger partial charge in [-0.05, 0) is 12.5 Å². The van der Waals surface area contributed by atoms with Crippen LogP contribution in [0.3, 0.4) is 0 Å². The molecule has 1 rings (SSSR count). The summed E-state index contributed by atoms with van der Waals surface area (Å²) in [6, 6.07) is 1.20. The molecule has 0 aliphatic carbocycles. The molecule has 1 unspecified atom stereocenters. The predicted molar refractivity (Wildman–Crippen MR) is 42.7 cm³/mol. The Hall–Kier alpha value is 0.0969. The fourth-order valence-corrected chi connectivity index (χ4v) is 1.22. The molecule has 4 heteroatoms. The first-order valence-corrected chi connectivity index (χ1v) is 5.64. The first-order valence-electron chi connectivity index (χ1n) is 3.83. The van der Waals surface area contributed by atoms with Crippen LogP contribution in [0.15, 0.2) is 0 Å². The average Bonchev–Trinajstić information content (AvgIpc) is 2.71. The van der Waals surface area contributed by atoms with Gasteiger partial charge in [-0.15, -0.1) is 0 Å². The SMILES string of the molecule is N[SiH2]CCCOCC1CO1. The molecule has 0 aromatic heterocycles. The molecule has 1 heterocycles. The molecule has 1 aliphatic rings. The van der Waals surface area contributed by atoms with Gasteiger partial charge in [-0.25, -0.2) is 0 Å². The van der Waals surface area contributed by atoms with Gasteiger partial charge in [0.15, 0.2) is 0 Å². The Kier molecular flexibility index (Phi) is 3.97. The van der Waals surface area contributed by atoms with Gasteiger partial charge >= 0.3 is 0 Å². The van der Waals surface area contributed by atoms with Crippen molar-refractivity contribution in [1.82, 2.24) is 0 Å². The zero-order valence-electron chi connectivity index (χ0n) is 6.21. The third-order valence-electron chi connectivity index (χ3n) is 1.45. The van der Waals surface area contributed by atoms with Crippen LogP contribution in [0.1, 0.15) is 6.42 Å². The van der Waals surface area contributed by atoms with E-state index in [0.717, 1.165) is 26.2 Å². The Morgan fingerprint density at radius 2 is 2.50 bits per heavy atom. The summed E-state index contributed by atoms with van der Waals surface area (Å²) in [5.41, 5.74) is 0. The smallest absolute Gasteiger partial charge is 0.104 e. The Labute approximate surface area is 63.8 Å². The lowest BCUT2D eigenvalue weighted by Crippen LogP contribution is -2.07. The van der Waals surface area contributed by atoms with Crippen LogP contribution in [-0.2, 0) is 9.47 Å². The molecule has 1 fully saturated rings. The van der Waals surface area contributed by atoms with Crippen LogP contribution in [-0.4, -0.2) is 35.6 Å². The van der Waals surface area contributed by atoms with E-state index < -0.39 is 0 Å². The van der Waals surface area contributed by atoms with Crippen molar-refractivity contribution in [3.63, 3.8) is 0 Å². The third kappa shape index (κ3) is 4.00. The molecule has 0 bridgehead atoms. The first-order chi connectivity index (χ1) is 4.93. The van der Waals surface area contributed by atoms with Crippen LogP contribution in [0, 0.1) is 0 Å². The van der Waals surface area contributed by atoms with Crippen molar-refractivity contribution in [3.05, 3.63) is 0 Å². The van der Waals surface area contributed by atoms with Gasteiger partial charge in [0.1, 0.15) is 6.10 Å². The van der Waals surface area contributed by atoms with Crippen molar-refractivity contribution in [2.24, 2.45) is 5.40 Å². The largest absolute Gasteiger partial charge is 0.379 e. The molecule has 0 aromatic carbocycles. The highest BCUT2D eigenvalue weighted by Crippen LogP contribution is 2.08. The normalized spacial score (nSPS) is 24.3. The average molecular weight is 161 g/mol. The van der Waals surface area contributed by atoms with E-state index in [4.69, 9.17) is 14.9 Å². The van der Waals surface area contributed by atoms with E-state index in [1.54, 1.807) is 0 Å². The molecule has 0 saturated carbocycles. The summed E-state index contributed by atoms with van der Waals surface area (Å²) in [6.45, 7) is 2.54. The molecular weight excluding hydrogens is 146 g/mol. The number of nitrogens with two attached hydrogens (primary N) is 1.